The van der Waals surface area contributed by atoms with Crippen LogP contribution in [0, 0.1) is 12.3 Å². The minimum Gasteiger partial charge on any atom is -0.376 e. The van der Waals surface area contributed by atoms with Crippen LogP contribution in [0.3, 0.4) is 0 Å². The van der Waals surface area contributed by atoms with E-state index in [1.165, 1.54) is 0 Å². The highest BCUT2D eigenvalue weighted by Crippen LogP contribution is 2.21. The number of carbonyl (C=O) groups is 1. The lowest BCUT2D eigenvalue weighted by Gasteiger charge is -2.29. The molecular weight excluding hydrogens is 292 g/mol. The van der Waals surface area contributed by atoms with E-state index in [-0.39, 0.29) is 24.0 Å². The second kappa shape index (κ2) is 7.88. The van der Waals surface area contributed by atoms with Crippen LogP contribution in [0.1, 0.15) is 39.3 Å². The number of anilines is 1. The quantitative estimate of drug-likeness (QED) is 0.808. The molecule has 128 valence electrons. The third-order valence-electron chi connectivity index (χ3n) is 3.64. The normalized spacial score (nSPS) is 18.2. The number of pyridine rings is 1. The molecule has 0 saturated carbocycles. The molecule has 1 saturated heterocycles. The lowest BCUT2D eigenvalue weighted by atomic mass is 9.96. The van der Waals surface area contributed by atoms with E-state index in [9.17, 15) is 4.79 Å². The number of aromatic nitrogens is 1. The Kier molecular flexibility index (Phi) is 6.13. The zero-order valence-electron chi connectivity index (χ0n) is 14.7. The highest BCUT2D eigenvalue weighted by atomic mass is 16.5. The number of nitrogens with zero attached hydrogens (tertiary/aromatic N) is 2. The Morgan fingerprint density at radius 3 is 2.83 bits per heavy atom. The van der Waals surface area contributed by atoms with Crippen molar-refractivity contribution in [2.45, 2.75) is 46.6 Å². The fourth-order valence-electron chi connectivity index (χ4n) is 2.58. The van der Waals surface area contributed by atoms with E-state index in [4.69, 9.17) is 9.47 Å². The second-order valence-electron chi connectivity index (χ2n) is 7.33. The summed E-state index contributed by atoms with van der Waals surface area (Å²) in [4.78, 5) is 18.8. The average Bonchev–Trinajstić information content (AvgIpc) is 2.97. The number of rotatable bonds is 6. The zero-order chi connectivity index (χ0) is 16.9. The van der Waals surface area contributed by atoms with Gasteiger partial charge in [-0.15, -0.1) is 0 Å². The number of amides is 1. The van der Waals surface area contributed by atoms with Gasteiger partial charge in [-0.05, 0) is 37.3 Å². The molecule has 5 nitrogen and oxygen atoms in total. The molecule has 0 N–H and O–H groups in total. The van der Waals surface area contributed by atoms with Crippen LogP contribution in [0.2, 0.25) is 0 Å². The van der Waals surface area contributed by atoms with Gasteiger partial charge in [0.2, 0.25) is 0 Å². The number of ether oxygens (including phenoxy) is 2. The molecule has 0 aromatic carbocycles. The minimum atomic E-state index is -0.0592. The van der Waals surface area contributed by atoms with Gasteiger partial charge in [-0.2, -0.15) is 0 Å². The van der Waals surface area contributed by atoms with Crippen molar-refractivity contribution in [2.75, 3.05) is 31.3 Å². The summed E-state index contributed by atoms with van der Waals surface area (Å²) in [6.45, 7) is 10.2. The zero-order valence-corrected chi connectivity index (χ0v) is 14.7. The van der Waals surface area contributed by atoms with Crippen molar-refractivity contribution in [1.82, 2.24) is 4.98 Å². The summed E-state index contributed by atoms with van der Waals surface area (Å²) in [5.74, 6) is 0.627. The van der Waals surface area contributed by atoms with Crippen molar-refractivity contribution in [3.63, 3.8) is 0 Å². The van der Waals surface area contributed by atoms with Gasteiger partial charge in [0.1, 0.15) is 12.4 Å². The summed E-state index contributed by atoms with van der Waals surface area (Å²) in [6, 6.07) is 5.72. The topological polar surface area (TPSA) is 51.7 Å². The van der Waals surface area contributed by atoms with Gasteiger partial charge in [-0.25, -0.2) is 4.98 Å². The first-order valence-corrected chi connectivity index (χ1v) is 8.28. The Morgan fingerprint density at radius 2 is 2.22 bits per heavy atom. The predicted octanol–water partition coefficient (Wildman–Crippen LogP) is 2.96. The number of hydrogen-bond acceptors (Lipinski definition) is 4. The number of carbonyl (C=O) groups excluding carboxylic acids is 1. The van der Waals surface area contributed by atoms with Crippen LogP contribution in [-0.4, -0.2) is 43.4 Å². The molecule has 1 aromatic rings. The van der Waals surface area contributed by atoms with Crippen molar-refractivity contribution in [1.29, 1.82) is 0 Å². The van der Waals surface area contributed by atoms with Crippen LogP contribution in [0.15, 0.2) is 18.2 Å². The maximum Gasteiger partial charge on any atom is 0.254 e. The van der Waals surface area contributed by atoms with Gasteiger partial charge in [-0.1, -0.05) is 26.8 Å². The third-order valence-corrected chi connectivity index (χ3v) is 3.64. The molecule has 0 radical (unpaired) electrons. The Bertz CT molecular complexity index is 519. The van der Waals surface area contributed by atoms with Crippen LogP contribution in [-0.2, 0) is 14.3 Å². The monoisotopic (exact) mass is 320 g/mol. The molecule has 1 aromatic heterocycles. The molecular formula is C18H28N2O3. The minimum absolute atomic E-state index is 0.0182. The lowest BCUT2D eigenvalue weighted by molar-refractivity contribution is -0.124. The Labute approximate surface area is 139 Å². The third kappa shape index (κ3) is 5.92. The van der Waals surface area contributed by atoms with Gasteiger partial charge in [-0.3, -0.25) is 9.69 Å². The summed E-state index contributed by atoms with van der Waals surface area (Å²) in [5, 5.41) is 0. The van der Waals surface area contributed by atoms with Gasteiger partial charge in [0.05, 0.1) is 12.7 Å². The number of aryl methyl sites for hydroxylation is 1. The second-order valence-corrected chi connectivity index (χ2v) is 7.33. The Hall–Kier alpha value is -1.46. The molecule has 1 amide bonds. The van der Waals surface area contributed by atoms with Crippen molar-refractivity contribution in [2.24, 2.45) is 5.41 Å². The molecule has 1 aliphatic rings. The summed E-state index contributed by atoms with van der Waals surface area (Å²) < 4.78 is 11.1. The lowest BCUT2D eigenvalue weighted by Crippen LogP contribution is -2.41. The molecule has 1 aliphatic heterocycles. The predicted molar refractivity (Wildman–Crippen MR) is 90.6 cm³/mol. The molecule has 1 fully saturated rings. The van der Waals surface area contributed by atoms with Crippen LogP contribution < -0.4 is 4.90 Å². The van der Waals surface area contributed by atoms with Gasteiger partial charge < -0.3 is 9.47 Å². The van der Waals surface area contributed by atoms with E-state index in [0.29, 0.717) is 19.0 Å². The first-order chi connectivity index (χ1) is 10.8. The first kappa shape index (κ1) is 17.9. The van der Waals surface area contributed by atoms with E-state index in [1.54, 1.807) is 4.90 Å². The van der Waals surface area contributed by atoms with E-state index in [0.717, 1.165) is 25.1 Å². The fourth-order valence-corrected chi connectivity index (χ4v) is 2.58. The van der Waals surface area contributed by atoms with E-state index < -0.39 is 0 Å². The standard InChI is InChI=1S/C18H28N2O3/c1-14-7-5-9-16(19-14)20(13-18(2,3)4)17(21)12-22-11-15-8-6-10-23-15/h5,7,9,15H,6,8,10-13H2,1-4H3/t15-/m1/s1. The molecule has 0 unspecified atom stereocenters. The average molecular weight is 320 g/mol. The molecule has 5 heteroatoms. The first-order valence-electron chi connectivity index (χ1n) is 8.28. The smallest absolute Gasteiger partial charge is 0.254 e. The van der Waals surface area contributed by atoms with Gasteiger partial charge in [0, 0.05) is 18.8 Å². The molecule has 0 aliphatic carbocycles. The van der Waals surface area contributed by atoms with Crippen molar-refractivity contribution < 1.29 is 14.3 Å². The SMILES string of the molecule is Cc1cccc(N(CC(C)(C)C)C(=O)COC[C@H]2CCCO2)n1. The Balaban J connectivity index is 1.99. The molecule has 0 spiro atoms. The molecule has 1 atom stereocenters. The number of hydrogen-bond donors (Lipinski definition) is 0. The van der Waals surface area contributed by atoms with Crippen LogP contribution in [0.5, 0.6) is 0 Å². The highest BCUT2D eigenvalue weighted by molar-refractivity contribution is 5.93. The summed E-state index contributed by atoms with van der Waals surface area (Å²) in [5.41, 5.74) is 0.879. The van der Waals surface area contributed by atoms with Crippen LogP contribution in [0.4, 0.5) is 5.82 Å². The highest BCUT2D eigenvalue weighted by Gasteiger charge is 2.24. The Morgan fingerprint density at radius 1 is 1.43 bits per heavy atom. The van der Waals surface area contributed by atoms with Gasteiger partial charge >= 0.3 is 0 Å². The van der Waals surface area contributed by atoms with Crippen molar-refractivity contribution in [3.05, 3.63) is 23.9 Å². The van der Waals surface area contributed by atoms with Gasteiger partial charge in [0.15, 0.2) is 0 Å². The van der Waals surface area contributed by atoms with Crippen molar-refractivity contribution in [3.8, 4) is 0 Å². The van der Waals surface area contributed by atoms with E-state index >= 15 is 0 Å². The molecule has 2 heterocycles. The van der Waals surface area contributed by atoms with Crippen LogP contribution in [0.25, 0.3) is 0 Å². The van der Waals surface area contributed by atoms with Gasteiger partial charge in [0.25, 0.3) is 5.91 Å². The maximum atomic E-state index is 12.6. The molecule has 23 heavy (non-hydrogen) atoms. The summed E-state index contributed by atoms with van der Waals surface area (Å²) >= 11 is 0. The van der Waals surface area contributed by atoms with E-state index in [2.05, 4.69) is 25.8 Å². The molecule has 0 bridgehead atoms. The fraction of sp³-hybridized carbons (Fsp3) is 0.667. The summed E-state index contributed by atoms with van der Waals surface area (Å²) in [7, 11) is 0. The van der Waals surface area contributed by atoms with Crippen molar-refractivity contribution >= 4 is 11.7 Å². The largest absolute Gasteiger partial charge is 0.376 e. The van der Waals surface area contributed by atoms with E-state index in [1.807, 2.05) is 25.1 Å². The van der Waals surface area contributed by atoms with Crippen LogP contribution >= 0.6 is 0 Å². The maximum absolute atomic E-state index is 12.6. The summed E-state index contributed by atoms with van der Waals surface area (Å²) in [6.07, 6.45) is 2.22. The molecule has 2 rings (SSSR count).